The Bertz CT molecular complexity index is 866. The molecular formula is C20H31NO5S2. The summed E-state index contributed by atoms with van der Waals surface area (Å²) >= 11 is 0. The minimum atomic E-state index is -3.68. The zero-order valence-electron chi connectivity index (χ0n) is 16.6. The molecule has 0 radical (unpaired) electrons. The van der Waals surface area contributed by atoms with E-state index in [1.807, 2.05) is 0 Å². The van der Waals surface area contributed by atoms with E-state index >= 15 is 0 Å². The molecular weight excluding hydrogens is 398 g/mol. The summed E-state index contributed by atoms with van der Waals surface area (Å²) in [5, 5.41) is 4.74. The molecule has 1 aliphatic carbocycles. The van der Waals surface area contributed by atoms with E-state index in [9.17, 15) is 21.6 Å². The molecule has 0 amide bonds. The highest BCUT2D eigenvalue weighted by molar-refractivity contribution is 7.92. The summed E-state index contributed by atoms with van der Waals surface area (Å²) in [6, 6.07) is 6.42. The summed E-state index contributed by atoms with van der Waals surface area (Å²) in [5.41, 5.74) is 0.975. The first-order chi connectivity index (χ1) is 13.0. The van der Waals surface area contributed by atoms with Crippen molar-refractivity contribution in [1.29, 1.82) is 0 Å². The molecule has 0 aromatic heterocycles. The summed E-state index contributed by atoms with van der Waals surface area (Å²) in [4.78, 5) is 12.5. The van der Waals surface area contributed by atoms with Crippen LogP contribution in [0.15, 0.2) is 29.2 Å². The minimum absolute atomic E-state index is 0.0442. The number of hydrogen-bond acceptors (Lipinski definition) is 5. The summed E-state index contributed by atoms with van der Waals surface area (Å²) in [5.74, 6) is 0.711. The molecule has 8 heteroatoms. The molecule has 6 nitrogen and oxygen atoms in total. The lowest BCUT2D eigenvalue weighted by atomic mass is 9.80. The summed E-state index contributed by atoms with van der Waals surface area (Å²) < 4.78 is 46.6. The Labute approximate surface area is 168 Å². The zero-order chi connectivity index (χ0) is 20.9. The van der Waals surface area contributed by atoms with Gasteiger partial charge in [0, 0.05) is 12.3 Å². The minimum Gasteiger partial charge on any atom is -0.299 e. The van der Waals surface area contributed by atoms with Crippen LogP contribution in [0.4, 0.5) is 0 Å². The second-order valence-electron chi connectivity index (χ2n) is 8.10. The molecule has 2 rings (SSSR count). The average molecular weight is 430 g/mol. The second kappa shape index (κ2) is 9.50. The number of Topliss-reactive ketones (excluding diaryl/α,β-unsaturated/α-hetero) is 1. The molecule has 1 aromatic rings. The van der Waals surface area contributed by atoms with Crippen LogP contribution < -0.4 is 5.14 Å². The molecule has 0 unspecified atom stereocenters. The van der Waals surface area contributed by atoms with Crippen molar-refractivity contribution in [1.82, 2.24) is 0 Å². The summed E-state index contributed by atoms with van der Waals surface area (Å²) in [6.07, 6.45) is 5.08. The highest BCUT2D eigenvalue weighted by atomic mass is 32.2. The highest BCUT2D eigenvalue weighted by Gasteiger charge is 2.29. The number of sulfonamides is 1. The van der Waals surface area contributed by atoms with Gasteiger partial charge in [-0.2, -0.15) is 0 Å². The third-order valence-electron chi connectivity index (χ3n) is 5.63. The molecule has 0 atom stereocenters. The van der Waals surface area contributed by atoms with Crippen LogP contribution in [0.25, 0.3) is 0 Å². The van der Waals surface area contributed by atoms with Gasteiger partial charge >= 0.3 is 0 Å². The van der Waals surface area contributed by atoms with E-state index in [2.05, 4.69) is 0 Å². The van der Waals surface area contributed by atoms with Crippen LogP contribution >= 0.6 is 0 Å². The molecule has 0 heterocycles. The molecule has 0 aliphatic heterocycles. The quantitative estimate of drug-likeness (QED) is 0.649. The van der Waals surface area contributed by atoms with E-state index in [-0.39, 0.29) is 33.5 Å². The van der Waals surface area contributed by atoms with Crippen molar-refractivity contribution in [3.8, 4) is 0 Å². The molecule has 158 valence electrons. The first-order valence-corrected chi connectivity index (χ1v) is 13.1. The Hall–Kier alpha value is -1.25. The van der Waals surface area contributed by atoms with Gasteiger partial charge in [0.05, 0.1) is 15.9 Å². The Morgan fingerprint density at radius 2 is 1.61 bits per heavy atom. The Balaban J connectivity index is 1.74. The predicted molar refractivity (Wildman–Crippen MR) is 110 cm³/mol. The number of hydrogen-bond donors (Lipinski definition) is 1. The van der Waals surface area contributed by atoms with Gasteiger partial charge in [0.1, 0.15) is 5.78 Å². The van der Waals surface area contributed by atoms with E-state index < -0.39 is 19.9 Å². The molecule has 0 saturated heterocycles. The van der Waals surface area contributed by atoms with E-state index in [1.165, 1.54) is 12.1 Å². The van der Waals surface area contributed by atoms with Crippen molar-refractivity contribution in [3.05, 3.63) is 29.8 Å². The van der Waals surface area contributed by atoms with Gasteiger partial charge in [0.2, 0.25) is 10.0 Å². The number of aryl methyl sites for hydroxylation is 1. The zero-order valence-corrected chi connectivity index (χ0v) is 18.3. The van der Waals surface area contributed by atoms with E-state index in [1.54, 1.807) is 26.0 Å². The SMILES string of the molecule is CC(C)S(=O)(=O)CC1CCC(C(=O)CCCc2ccc(S(N)(=O)=O)cc2)CC1. The van der Waals surface area contributed by atoms with Crippen molar-refractivity contribution in [2.45, 2.75) is 68.9 Å². The number of rotatable bonds is 9. The van der Waals surface area contributed by atoms with E-state index in [4.69, 9.17) is 5.14 Å². The lowest BCUT2D eigenvalue weighted by molar-refractivity contribution is -0.124. The number of ketones is 1. The van der Waals surface area contributed by atoms with Crippen molar-refractivity contribution in [2.24, 2.45) is 17.0 Å². The van der Waals surface area contributed by atoms with E-state index in [0.29, 0.717) is 12.8 Å². The Morgan fingerprint density at radius 1 is 1.04 bits per heavy atom. The van der Waals surface area contributed by atoms with Crippen molar-refractivity contribution < 1.29 is 21.6 Å². The van der Waals surface area contributed by atoms with Crippen molar-refractivity contribution in [3.63, 3.8) is 0 Å². The molecule has 0 spiro atoms. The lowest BCUT2D eigenvalue weighted by Gasteiger charge is -2.28. The second-order valence-corrected chi connectivity index (χ2v) is 12.3. The van der Waals surface area contributed by atoms with Gasteiger partial charge in [-0.1, -0.05) is 12.1 Å². The molecule has 1 aliphatic rings. The number of carbonyl (C=O) groups excluding carboxylic acids is 1. The van der Waals surface area contributed by atoms with Gasteiger partial charge in [-0.05, 0) is 76.0 Å². The van der Waals surface area contributed by atoms with Crippen molar-refractivity contribution in [2.75, 3.05) is 5.75 Å². The van der Waals surface area contributed by atoms with Crippen LogP contribution in [0.5, 0.6) is 0 Å². The molecule has 1 fully saturated rings. The third kappa shape index (κ3) is 6.67. The summed E-state index contributed by atoms with van der Waals surface area (Å²) in [7, 11) is -6.70. The monoisotopic (exact) mass is 429 g/mol. The van der Waals surface area contributed by atoms with Crippen LogP contribution in [0, 0.1) is 11.8 Å². The maximum absolute atomic E-state index is 12.5. The van der Waals surface area contributed by atoms with Crippen LogP contribution in [-0.4, -0.2) is 33.6 Å². The first-order valence-electron chi connectivity index (χ1n) is 9.85. The number of primary sulfonamides is 1. The number of carbonyl (C=O) groups is 1. The number of sulfone groups is 1. The van der Waals surface area contributed by atoms with Gasteiger partial charge in [-0.3, -0.25) is 4.79 Å². The average Bonchev–Trinajstić information content (AvgIpc) is 2.61. The molecule has 1 aromatic carbocycles. The standard InChI is InChI=1S/C20H31NO5S2/c1-15(2)27(23,24)14-17-6-10-18(11-7-17)20(22)5-3-4-16-8-12-19(13-9-16)28(21,25)26/h8-9,12-13,15,17-18H,3-7,10-11,14H2,1-2H3,(H2,21,25,26). The van der Waals surface area contributed by atoms with Gasteiger partial charge in [0.25, 0.3) is 0 Å². The van der Waals surface area contributed by atoms with Gasteiger partial charge in [0.15, 0.2) is 9.84 Å². The van der Waals surface area contributed by atoms with E-state index in [0.717, 1.165) is 37.7 Å². The first kappa shape index (κ1) is 23.0. The van der Waals surface area contributed by atoms with Crippen LogP contribution in [0.3, 0.4) is 0 Å². The van der Waals surface area contributed by atoms with Crippen LogP contribution in [0.1, 0.15) is 57.9 Å². The fourth-order valence-electron chi connectivity index (χ4n) is 3.69. The largest absolute Gasteiger partial charge is 0.299 e. The molecule has 2 N–H and O–H groups in total. The van der Waals surface area contributed by atoms with Crippen molar-refractivity contribution >= 4 is 25.6 Å². The van der Waals surface area contributed by atoms with Crippen LogP contribution in [0.2, 0.25) is 0 Å². The molecule has 28 heavy (non-hydrogen) atoms. The van der Waals surface area contributed by atoms with Gasteiger partial charge < -0.3 is 0 Å². The van der Waals surface area contributed by atoms with Crippen LogP contribution in [-0.2, 0) is 31.1 Å². The third-order valence-corrected chi connectivity index (χ3v) is 8.93. The highest BCUT2D eigenvalue weighted by Crippen LogP contribution is 2.31. The molecule has 0 bridgehead atoms. The number of benzene rings is 1. The molecule has 1 saturated carbocycles. The Morgan fingerprint density at radius 3 is 2.11 bits per heavy atom. The van der Waals surface area contributed by atoms with Gasteiger partial charge in [-0.25, -0.2) is 22.0 Å². The topological polar surface area (TPSA) is 111 Å². The normalized spacial score (nSPS) is 21.0. The smallest absolute Gasteiger partial charge is 0.238 e. The maximum atomic E-state index is 12.5. The lowest BCUT2D eigenvalue weighted by Crippen LogP contribution is -2.28. The summed E-state index contributed by atoms with van der Waals surface area (Å²) in [6.45, 7) is 3.43. The fraction of sp³-hybridized carbons (Fsp3) is 0.650. The Kier molecular flexibility index (Phi) is 7.81. The fourth-order valence-corrected chi connectivity index (χ4v) is 5.58. The number of nitrogens with two attached hydrogens (primary N) is 1. The maximum Gasteiger partial charge on any atom is 0.238 e. The predicted octanol–water partition coefficient (Wildman–Crippen LogP) is 2.86. The van der Waals surface area contributed by atoms with Gasteiger partial charge in [-0.15, -0.1) is 0 Å².